The van der Waals surface area contributed by atoms with Gasteiger partial charge in [0.25, 0.3) is 0 Å². The molecule has 0 aliphatic carbocycles. The molecule has 1 saturated heterocycles. The van der Waals surface area contributed by atoms with E-state index in [1.54, 1.807) is 24.0 Å². The van der Waals surface area contributed by atoms with Crippen molar-refractivity contribution in [3.05, 3.63) is 23.4 Å². The largest absolute Gasteiger partial charge is 0.393 e. The monoisotopic (exact) mass is 269 g/mol. The normalized spacial score (nSPS) is 20.2. The predicted molar refractivity (Wildman–Crippen MR) is 64.7 cm³/mol. The molecule has 0 aromatic carbocycles. The topological polar surface area (TPSA) is 39.9 Å². The molecule has 1 unspecified atom stereocenters. The molecule has 0 saturated carbocycles. The van der Waals surface area contributed by atoms with Crippen molar-refractivity contribution >= 4 is 5.82 Å². The van der Waals surface area contributed by atoms with Gasteiger partial charge in [0.1, 0.15) is 5.82 Å². The summed E-state index contributed by atoms with van der Waals surface area (Å²) in [4.78, 5) is 5.85. The van der Waals surface area contributed by atoms with E-state index < -0.39 is 12.1 Å². The lowest BCUT2D eigenvalue weighted by Crippen LogP contribution is -2.42. The number of piperidine rings is 1. The van der Waals surface area contributed by atoms with Crippen LogP contribution in [-0.4, -0.2) is 24.2 Å². The minimum absolute atomic E-state index is 0.0785. The van der Waals surface area contributed by atoms with Crippen LogP contribution in [0, 0.1) is 24.2 Å². The van der Waals surface area contributed by atoms with Crippen molar-refractivity contribution in [3.8, 4) is 6.07 Å². The molecule has 0 radical (unpaired) electrons. The number of anilines is 1. The van der Waals surface area contributed by atoms with E-state index >= 15 is 0 Å². The van der Waals surface area contributed by atoms with Gasteiger partial charge in [-0.2, -0.15) is 18.4 Å². The predicted octanol–water partition coefficient (Wildman–Crippen LogP) is 3.04. The summed E-state index contributed by atoms with van der Waals surface area (Å²) in [6.45, 7) is 2.20. The summed E-state index contributed by atoms with van der Waals surface area (Å²) in [5.74, 6) is -0.848. The molecule has 1 aromatic heterocycles. The zero-order chi connectivity index (χ0) is 14.0. The Balaban J connectivity index is 2.22. The maximum atomic E-state index is 12.8. The molecule has 1 fully saturated rings. The zero-order valence-corrected chi connectivity index (χ0v) is 10.5. The Morgan fingerprint density at radius 3 is 2.79 bits per heavy atom. The fraction of sp³-hybridized carbons (Fsp3) is 0.538. The molecule has 0 N–H and O–H groups in total. The Hall–Kier alpha value is -1.77. The van der Waals surface area contributed by atoms with Crippen molar-refractivity contribution in [2.75, 3.05) is 18.0 Å². The summed E-state index contributed by atoms with van der Waals surface area (Å²) in [5.41, 5.74) is 1.07. The molecule has 6 heteroatoms. The highest BCUT2D eigenvalue weighted by molar-refractivity contribution is 5.47. The Kier molecular flexibility index (Phi) is 3.65. The highest BCUT2D eigenvalue weighted by Crippen LogP contribution is 2.34. The van der Waals surface area contributed by atoms with Gasteiger partial charge in [-0.25, -0.2) is 4.98 Å². The molecule has 1 aliphatic rings. The highest BCUT2D eigenvalue weighted by atomic mass is 19.4. The van der Waals surface area contributed by atoms with Crippen LogP contribution in [0.3, 0.4) is 0 Å². The number of hydrogen-bond acceptors (Lipinski definition) is 3. The first-order valence-electron chi connectivity index (χ1n) is 6.10. The summed E-state index contributed by atoms with van der Waals surface area (Å²) in [7, 11) is 0. The Morgan fingerprint density at radius 2 is 2.16 bits per heavy atom. The number of nitrogens with zero attached hydrogens (tertiary/aromatic N) is 3. The number of halogens is 3. The summed E-state index contributed by atoms with van der Waals surface area (Å²) < 4.78 is 38.3. The minimum Gasteiger partial charge on any atom is -0.356 e. The summed E-state index contributed by atoms with van der Waals surface area (Å²) >= 11 is 0. The number of alkyl halides is 3. The smallest absolute Gasteiger partial charge is 0.356 e. The zero-order valence-electron chi connectivity index (χ0n) is 10.5. The van der Waals surface area contributed by atoms with E-state index in [4.69, 9.17) is 5.26 Å². The first-order chi connectivity index (χ1) is 8.90. The van der Waals surface area contributed by atoms with Crippen molar-refractivity contribution in [2.45, 2.75) is 25.9 Å². The van der Waals surface area contributed by atoms with Crippen molar-refractivity contribution in [1.82, 2.24) is 4.98 Å². The van der Waals surface area contributed by atoms with Crippen LogP contribution in [0.1, 0.15) is 24.1 Å². The average molecular weight is 269 g/mol. The van der Waals surface area contributed by atoms with E-state index in [0.717, 1.165) is 0 Å². The van der Waals surface area contributed by atoms with Gasteiger partial charge in [-0.15, -0.1) is 0 Å². The van der Waals surface area contributed by atoms with Gasteiger partial charge in [-0.3, -0.25) is 0 Å². The SMILES string of the molecule is Cc1cc(C#N)cc(N2CCCC(C(F)(F)F)C2)n1. The van der Waals surface area contributed by atoms with Gasteiger partial charge in [0.2, 0.25) is 0 Å². The highest BCUT2D eigenvalue weighted by Gasteiger charge is 2.42. The third-order valence-corrected chi connectivity index (χ3v) is 3.28. The second-order valence-electron chi connectivity index (χ2n) is 4.79. The molecule has 3 nitrogen and oxygen atoms in total. The van der Waals surface area contributed by atoms with Gasteiger partial charge >= 0.3 is 6.18 Å². The second kappa shape index (κ2) is 5.08. The number of aryl methyl sites for hydroxylation is 1. The van der Waals surface area contributed by atoms with E-state index in [9.17, 15) is 13.2 Å². The lowest BCUT2D eigenvalue weighted by Gasteiger charge is -2.34. The molecule has 2 heterocycles. The van der Waals surface area contributed by atoms with Crippen molar-refractivity contribution in [2.24, 2.45) is 5.92 Å². The van der Waals surface area contributed by atoms with Gasteiger partial charge in [0, 0.05) is 18.8 Å². The summed E-state index contributed by atoms with van der Waals surface area (Å²) in [6, 6.07) is 5.17. The molecule has 1 aliphatic heterocycles. The molecule has 0 amide bonds. The molecule has 1 aromatic rings. The van der Waals surface area contributed by atoms with Crippen LogP contribution < -0.4 is 4.90 Å². The first kappa shape index (κ1) is 13.7. The molecule has 19 heavy (non-hydrogen) atoms. The fourth-order valence-corrected chi connectivity index (χ4v) is 2.33. The van der Waals surface area contributed by atoms with E-state index in [2.05, 4.69) is 4.98 Å². The van der Waals surface area contributed by atoms with Crippen LogP contribution >= 0.6 is 0 Å². The van der Waals surface area contributed by atoms with Gasteiger partial charge in [0.05, 0.1) is 17.6 Å². The quantitative estimate of drug-likeness (QED) is 0.786. The number of rotatable bonds is 1. The van der Waals surface area contributed by atoms with E-state index in [1.165, 1.54) is 0 Å². The first-order valence-corrected chi connectivity index (χ1v) is 6.10. The number of aromatic nitrogens is 1. The standard InChI is InChI=1S/C13H14F3N3/c1-9-5-10(7-17)6-12(18-9)19-4-2-3-11(8-19)13(14,15)16/h5-6,11H,2-4,8H2,1H3. The van der Waals surface area contributed by atoms with Crippen LogP contribution in [-0.2, 0) is 0 Å². The van der Waals surface area contributed by atoms with Gasteiger partial charge < -0.3 is 4.90 Å². The third-order valence-electron chi connectivity index (χ3n) is 3.28. The Labute approximate surface area is 109 Å². The number of hydrogen-bond donors (Lipinski definition) is 0. The minimum atomic E-state index is -4.17. The number of pyridine rings is 1. The molecule has 2 rings (SSSR count). The summed E-state index contributed by atoms with van der Waals surface area (Å²) in [6.07, 6.45) is -3.51. The lowest BCUT2D eigenvalue weighted by atomic mass is 9.97. The van der Waals surface area contributed by atoms with Crippen LogP contribution in [0.15, 0.2) is 12.1 Å². The van der Waals surface area contributed by atoms with E-state index in [-0.39, 0.29) is 13.0 Å². The molecular formula is C13H14F3N3. The maximum absolute atomic E-state index is 12.8. The molecule has 0 spiro atoms. The van der Waals surface area contributed by atoms with Crippen molar-refractivity contribution < 1.29 is 13.2 Å². The molecular weight excluding hydrogens is 255 g/mol. The number of nitriles is 1. The van der Waals surface area contributed by atoms with Gasteiger partial charge in [-0.1, -0.05) is 0 Å². The van der Waals surface area contributed by atoms with E-state index in [0.29, 0.717) is 30.0 Å². The van der Waals surface area contributed by atoms with Crippen molar-refractivity contribution in [1.29, 1.82) is 5.26 Å². The molecule has 1 atom stereocenters. The Morgan fingerprint density at radius 1 is 1.42 bits per heavy atom. The lowest BCUT2D eigenvalue weighted by molar-refractivity contribution is -0.176. The van der Waals surface area contributed by atoms with Crippen LogP contribution in [0.25, 0.3) is 0 Å². The fourth-order valence-electron chi connectivity index (χ4n) is 2.33. The Bertz CT molecular complexity index is 505. The molecule has 0 bridgehead atoms. The van der Waals surface area contributed by atoms with Gasteiger partial charge in [-0.05, 0) is 31.9 Å². The molecule has 102 valence electrons. The average Bonchev–Trinajstić information content (AvgIpc) is 2.37. The van der Waals surface area contributed by atoms with Gasteiger partial charge in [0.15, 0.2) is 0 Å². The van der Waals surface area contributed by atoms with Crippen molar-refractivity contribution in [3.63, 3.8) is 0 Å². The third kappa shape index (κ3) is 3.16. The van der Waals surface area contributed by atoms with Crippen LogP contribution in [0.4, 0.5) is 19.0 Å². The van der Waals surface area contributed by atoms with Crippen LogP contribution in [0.2, 0.25) is 0 Å². The maximum Gasteiger partial charge on any atom is 0.393 e. The summed E-state index contributed by atoms with van der Waals surface area (Å²) in [5, 5.41) is 8.89. The van der Waals surface area contributed by atoms with E-state index in [1.807, 2.05) is 6.07 Å². The second-order valence-corrected chi connectivity index (χ2v) is 4.79. The van der Waals surface area contributed by atoms with Crippen LogP contribution in [0.5, 0.6) is 0 Å².